The molecule has 25 heavy (non-hydrogen) atoms. The summed E-state index contributed by atoms with van der Waals surface area (Å²) in [5.74, 6) is -0.109. The Bertz CT molecular complexity index is 965. The number of aryl methyl sites for hydroxylation is 1. The molecule has 1 aromatic heterocycles. The van der Waals surface area contributed by atoms with Crippen molar-refractivity contribution < 1.29 is 21.3 Å². The summed E-state index contributed by atoms with van der Waals surface area (Å²) in [4.78, 5) is 0. The van der Waals surface area contributed by atoms with Gasteiger partial charge in [-0.1, -0.05) is 34.9 Å². The Hall–Kier alpha value is -1.78. The first-order chi connectivity index (χ1) is 11.7. The van der Waals surface area contributed by atoms with Gasteiger partial charge in [-0.05, 0) is 25.3 Å². The molecular weight excluding hydrogens is 366 g/mol. The summed E-state index contributed by atoms with van der Waals surface area (Å²) in [5.41, 5.74) is 1.75. The first kappa shape index (κ1) is 18.0. The summed E-state index contributed by atoms with van der Waals surface area (Å²) >= 11 is 0. The molecule has 2 heterocycles. The minimum Gasteiger partial charge on any atom is -0.411 e. The number of hydrogen-bond acceptors (Lipinski definition) is 7. The lowest BCUT2D eigenvalue weighted by Gasteiger charge is -2.21. The minimum absolute atomic E-state index is 0.0189. The van der Waals surface area contributed by atoms with E-state index in [4.69, 9.17) is 4.42 Å². The van der Waals surface area contributed by atoms with E-state index in [0.29, 0.717) is 24.9 Å². The topological polar surface area (TPSA) is 110 Å². The van der Waals surface area contributed by atoms with Crippen LogP contribution in [0.4, 0.5) is 0 Å². The SMILES string of the molecule is Cc1ccc(CS(=O)(=O)N2CCC[C@H]2c2nnc(S(C)(=O)=O)o2)cc1. The maximum absolute atomic E-state index is 12.8. The van der Waals surface area contributed by atoms with E-state index in [1.165, 1.54) is 4.31 Å². The van der Waals surface area contributed by atoms with Crippen LogP contribution in [-0.4, -0.2) is 44.1 Å². The zero-order valence-electron chi connectivity index (χ0n) is 13.9. The summed E-state index contributed by atoms with van der Waals surface area (Å²) in [6.45, 7) is 2.28. The Labute approximate surface area is 146 Å². The first-order valence-corrected chi connectivity index (χ1v) is 11.3. The van der Waals surface area contributed by atoms with Gasteiger partial charge in [0.2, 0.25) is 25.8 Å². The van der Waals surface area contributed by atoms with Crippen molar-refractivity contribution >= 4 is 19.9 Å². The highest BCUT2D eigenvalue weighted by Gasteiger charge is 2.38. The molecule has 1 aromatic carbocycles. The van der Waals surface area contributed by atoms with E-state index in [1.54, 1.807) is 12.1 Å². The molecule has 0 saturated carbocycles. The lowest BCUT2D eigenvalue weighted by atomic mass is 10.2. The summed E-state index contributed by atoms with van der Waals surface area (Å²) in [5, 5.41) is 6.77. The van der Waals surface area contributed by atoms with E-state index in [-0.39, 0.29) is 11.6 Å². The van der Waals surface area contributed by atoms with Crippen molar-refractivity contribution in [1.82, 2.24) is 14.5 Å². The molecule has 8 nitrogen and oxygen atoms in total. The van der Waals surface area contributed by atoms with E-state index in [1.807, 2.05) is 19.1 Å². The third-order valence-corrected chi connectivity index (χ3v) is 6.70. The van der Waals surface area contributed by atoms with E-state index in [2.05, 4.69) is 10.2 Å². The van der Waals surface area contributed by atoms with Gasteiger partial charge in [-0.2, -0.15) is 4.31 Å². The first-order valence-electron chi connectivity index (χ1n) is 7.75. The summed E-state index contributed by atoms with van der Waals surface area (Å²) < 4.78 is 55.1. The van der Waals surface area contributed by atoms with Gasteiger partial charge in [-0.15, -0.1) is 5.10 Å². The molecule has 136 valence electrons. The number of nitrogens with zero attached hydrogens (tertiary/aromatic N) is 3. The standard InChI is InChI=1S/C15H19N3O5S2/c1-11-5-7-12(8-6-11)10-25(21,22)18-9-3-4-13(18)14-16-17-15(23-14)24(2,19)20/h5-8,13H,3-4,9-10H2,1-2H3/t13-/m0/s1. The normalized spacial score (nSPS) is 19.4. The van der Waals surface area contributed by atoms with Crippen LogP contribution in [0.15, 0.2) is 33.9 Å². The van der Waals surface area contributed by atoms with Crippen molar-refractivity contribution in [3.8, 4) is 0 Å². The predicted molar refractivity (Wildman–Crippen MR) is 89.9 cm³/mol. The molecule has 0 unspecified atom stereocenters. The smallest absolute Gasteiger partial charge is 0.335 e. The second-order valence-electron chi connectivity index (χ2n) is 6.19. The maximum atomic E-state index is 12.8. The monoisotopic (exact) mass is 385 g/mol. The Morgan fingerprint density at radius 2 is 1.84 bits per heavy atom. The molecule has 0 aliphatic carbocycles. The fourth-order valence-corrected chi connectivity index (χ4v) is 5.00. The Kier molecular flexibility index (Phi) is 4.69. The van der Waals surface area contributed by atoms with Gasteiger partial charge < -0.3 is 4.42 Å². The van der Waals surface area contributed by atoms with Gasteiger partial charge >= 0.3 is 5.22 Å². The minimum atomic E-state index is -3.63. The molecule has 1 aliphatic rings. The summed E-state index contributed by atoms with van der Waals surface area (Å²) in [6.07, 6.45) is 2.12. The molecule has 1 atom stereocenters. The van der Waals surface area contributed by atoms with Gasteiger partial charge in [0.25, 0.3) is 0 Å². The molecule has 1 aliphatic heterocycles. The van der Waals surface area contributed by atoms with Crippen LogP contribution >= 0.6 is 0 Å². The summed E-state index contributed by atoms with van der Waals surface area (Å²) in [6, 6.07) is 6.67. The molecule has 10 heteroatoms. The van der Waals surface area contributed by atoms with Crippen LogP contribution in [0.5, 0.6) is 0 Å². The lowest BCUT2D eigenvalue weighted by Crippen LogP contribution is -2.31. The number of sulfone groups is 1. The van der Waals surface area contributed by atoms with Gasteiger partial charge in [-0.3, -0.25) is 0 Å². The fraction of sp³-hybridized carbons (Fsp3) is 0.467. The Morgan fingerprint density at radius 1 is 1.16 bits per heavy atom. The van der Waals surface area contributed by atoms with Crippen molar-refractivity contribution in [2.75, 3.05) is 12.8 Å². The maximum Gasteiger partial charge on any atom is 0.335 e. The molecule has 0 radical (unpaired) electrons. The molecule has 2 aromatic rings. The highest BCUT2D eigenvalue weighted by molar-refractivity contribution is 7.90. The average Bonchev–Trinajstić information content (AvgIpc) is 3.17. The average molecular weight is 385 g/mol. The van der Waals surface area contributed by atoms with Crippen LogP contribution in [-0.2, 0) is 25.6 Å². The second-order valence-corrected chi connectivity index (χ2v) is 10.0. The molecule has 0 spiro atoms. The number of sulfonamides is 1. The van der Waals surface area contributed by atoms with Crippen LogP contribution in [0, 0.1) is 6.92 Å². The van der Waals surface area contributed by atoms with Gasteiger partial charge in [-0.25, -0.2) is 16.8 Å². The number of hydrogen-bond donors (Lipinski definition) is 0. The van der Waals surface area contributed by atoms with Gasteiger partial charge in [0.15, 0.2) is 0 Å². The van der Waals surface area contributed by atoms with Crippen molar-refractivity contribution in [2.24, 2.45) is 0 Å². The largest absolute Gasteiger partial charge is 0.411 e. The quantitative estimate of drug-likeness (QED) is 0.766. The molecule has 0 amide bonds. The molecule has 3 rings (SSSR count). The lowest BCUT2D eigenvalue weighted by molar-refractivity contribution is 0.303. The number of rotatable bonds is 5. The Morgan fingerprint density at radius 3 is 2.44 bits per heavy atom. The molecular formula is C15H19N3O5S2. The van der Waals surface area contributed by atoms with Crippen LogP contribution in [0.25, 0.3) is 0 Å². The van der Waals surface area contributed by atoms with Crippen LogP contribution < -0.4 is 0 Å². The predicted octanol–water partition coefficient (Wildman–Crippen LogP) is 1.45. The van der Waals surface area contributed by atoms with E-state index in [9.17, 15) is 16.8 Å². The molecule has 0 N–H and O–H groups in total. The molecule has 1 saturated heterocycles. The number of benzene rings is 1. The van der Waals surface area contributed by atoms with Crippen molar-refractivity contribution in [3.63, 3.8) is 0 Å². The zero-order chi connectivity index (χ0) is 18.2. The molecule has 1 fully saturated rings. The van der Waals surface area contributed by atoms with Crippen LogP contribution in [0.3, 0.4) is 0 Å². The van der Waals surface area contributed by atoms with Crippen molar-refractivity contribution in [2.45, 2.75) is 36.8 Å². The zero-order valence-corrected chi connectivity index (χ0v) is 15.5. The van der Waals surface area contributed by atoms with Gasteiger partial charge in [0.1, 0.15) is 6.04 Å². The van der Waals surface area contributed by atoms with Gasteiger partial charge in [0, 0.05) is 12.8 Å². The summed E-state index contributed by atoms with van der Waals surface area (Å²) in [7, 11) is -7.22. The van der Waals surface area contributed by atoms with E-state index < -0.39 is 31.1 Å². The fourth-order valence-electron chi connectivity index (χ4n) is 2.80. The van der Waals surface area contributed by atoms with E-state index in [0.717, 1.165) is 11.8 Å². The molecule has 0 bridgehead atoms. The van der Waals surface area contributed by atoms with Crippen molar-refractivity contribution in [1.29, 1.82) is 0 Å². The highest BCUT2D eigenvalue weighted by Crippen LogP contribution is 2.34. The van der Waals surface area contributed by atoms with Crippen molar-refractivity contribution in [3.05, 3.63) is 41.3 Å². The van der Waals surface area contributed by atoms with Gasteiger partial charge in [0.05, 0.1) is 5.75 Å². The third-order valence-electron chi connectivity index (χ3n) is 4.06. The third kappa shape index (κ3) is 3.91. The Balaban J connectivity index is 1.85. The van der Waals surface area contributed by atoms with Crippen LogP contribution in [0.1, 0.15) is 35.9 Å². The number of aromatic nitrogens is 2. The highest BCUT2D eigenvalue weighted by atomic mass is 32.2. The second kappa shape index (κ2) is 6.50. The van der Waals surface area contributed by atoms with Crippen LogP contribution in [0.2, 0.25) is 0 Å². The van der Waals surface area contributed by atoms with E-state index >= 15 is 0 Å².